The highest BCUT2D eigenvalue weighted by Crippen LogP contribution is 2.08. The Balaban J connectivity index is 2.93. The molecule has 5 N–H and O–H groups in total. The molecule has 0 aromatic heterocycles. The highest BCUT2D eigenvalue weighted by Gasteiger charge is 2.29. The summed E-state index contributed by atoms with van der Waals surface area (Å²) >= 11 is 0. The number of nitrogens with two attached hydrogens (primary N) is 1. The smallest absolute Gasteiger partial charge is 0.405 e. The number of nitrogens with one attached hydrogen (secondary N) is 2. The standard InChI is InChI=1S/C17H23N3O5/c1-10(2)8-13(20-17(24)25)16(23)19-12(14(21)15(18)22)9-11-6-4-3-5-7-11/h3-7,10,12-13,20H,8-9H2,1-2H3,(H2,18,22)(H,19,23)(H,24,25)/t12?,13-/m0/s1. The minimum Gasteiger partial charge on any atom is -0.465 e. The van der Waals surface area contributed by atoms with Gasteiger partial charge in [-0.2, -0.15) is 0 Å². The van der Waals surface area contributed by atoms with Crippen LogP contribution in [0.1, 0.15) is 25.8 Å². The van der Waals surface area contributed by atoms with Crippen LogP contribution >= 0.6 is 0 Å². The molecule has 3 amide bonds. The highest BCUT2D eigenvalue weighted by molar-refractivity contribution is 6.37. The molecule has 0 bridgehead atoms. The molecule has 25 heavy (non-hydrogen) atoms. The zero-order chi connectivity index (χ0) is 19.0. The van der Waals surface area contributed by atoms with E-state index in [1.54, 1.807) is 30.3 Å². The minimum absolute atomic E-state index is 0.0435. The van der Waals surface area contributed by atoms with Crippen molar-refractivity contribution in [2.24, 2.45) is 11.7 Å². The summed E-state index contributed by atoms with van der Waals surface area (Å²) < 4.78 is 0. The van der Waals surface area contributed by atoms with E-state index < -0.39 is 35.8 Å². The second-order valence-corrected chi connectivity index (χ2v) is 6.11. The van der Waals surface area contributed by atoms with Gasteiger partial charge < -0.3 is 21.5 Å². The SMILES string of the molecule is CC(C)C[C@H](NC(=O)O)C(=O)NC(Cc1ccccc1)C(=O)C(N)=O. The molecule has 0 saturated carbocycles. The number of primary amides is 1. The monoisotopic (exact) mass is 349 g/mol. The molecule has 1 rings (SSSR count). The number of hydrogen-bond donors (Lipinski definition) is 4. The molecule has 0 aliphatic heterocycles. The van der Waals surface area contributed by atoms with Crippen molar-refractivity contribution in [3.05, 3.63) is 35.9 Å². The van der Waals surface area contributed by atoms with E-state index in [-0.39, 0.29) is 18.8 Å². The van der Waals surface area contributed by atoms with Crippen molar-refractivity contribution in [2.45, 2.75) is 38.8 Å². The minimum atomic E-state index is -1.35. The van der Waals surface area contributed by atoms with Gasteiger partial charge in [0.15, 0.2) is 0 Å². The number of rotatable bonds is 9. The predicted molar refractivity (Wildman–Crippen MR) is 90.7 cm³/mol. The van der Waals surface area contributed by atoms with Crippen molar-refractivity contribution in [3.8, 4) is 0 Å². The lowest BCUT2D eigenvalue weighted by molar-refractivity contribution is -0.138. The lowest BCUT2D eigenvalue weighted by atomic mass is 9.99. The van der Waals surface area contributed by atoms with Crippen LogP contribution < -0.4 is 16.4 Å². The molecule has 8 nitrogen and oxygen atoms in total. The van der Waals surface area contributed by atoms with Crippen molar-refractivity contribution in [1.82, 2.24) is 10.6 Å². The maximum Gasteiger partial charge on any atom is 0.405 e. The number of ketones is 1. The van der Waals surface area contributed by atoms with E-state index in [0.717, 1.165) is 5.56 Å². The third-order valence-corrected chi connectivity index (χ3v) is 3.48. The number of benzene rings is 1. The van der Waals surface area contributed by atoms with Gasteiger partial charge >= 0.3 is 6.09 Å². The van der Waals surface area contributed by atoms with Crippen LogP contribution in [0.25, 0.3) is 0 Å². The molecule has 0 heterocycles. The van der Waals surface area contributed by atoms with E-state index in [1.165, 1.54) is 0 Å². The number of carbonyl (C=O) groups excluding carboxylic acids is 3. The fraction of sp³-hybridized carbons (Fsp3) is 0.412. The third kappa shape index (κ3) is 7.03. The summed E-state index contributed by atoms with van der Waals surface area (Å²) in [7, 11) is 0. The quantitative estimate of drug-likeness (QED) is 0.479. The van der Waals surface area contributed by atoms with Crippen LogP contribution in [0.3, 0.4) is 0 Å². The molecule has 1 aromatic carbocycles. The Hall–Kier alpha value is -2.90. The molecule has 1 aromatic rings. The lowest BCUT2D eigenvalue weighted by Gasteiger charge is -2.22. The van der Waals surface area contributed by atoms with Gasteiger partial charge in [0.05, 0.1) is 0 Å². The Labute approximate surface area is 145 Å². The maximum absolute atomic E-state index is 12.4. The summed E-state index contributed by atoms with van der Waals surface area (Å²) in [5.41, 5.74) is 5.78. The predicted octanol–water partition coefficient (Wildman–Crippen LogP) is 0.451. The molecule has 136 valence electrons. The summed E-state index contributed by atoms with van der Waals surface area (Å²) in [6.07, 6.45) is -1.02. The average molecular weight is 349 g/mol. The number of amides is 3. The van der Waals surface area contributed by atoms with Gasteiger partial charge in [-0.05, 0) is 17.9 Å². The molecule has 0 spiro atoms. The summed E-state index contributed by atoms with van der Waals surface area (Å²) in [6, 6.07) is 6.62. The molecule has 0 radical (unpaired) electrons. The fourth-order valence-electron chi connectivity index (χ4n) is 2.36. The number of carbonyl (C=O) groups is 4. The van der Waals surface area contributed by atoms with Crippen LogP contribution in [-0.4, -0.2) is 40.9 Å². The average Bonchev–Trinajstić information content (AvgIpc) is 2.52. The molecule has 0 fully saturated rings. The molecule has 0 aliphatic carbocycles. The summed E-state index contributed by atoms with van der Waals surface area (Å²) in [5.74, 6) is -2.72. The Morgan fingerprint density at radius 3 is 2.12 bits per heavy atom. The van der Waals surface area contributed by atoms with Crippen molar-refractivity contribution in [3.63, 3.8) is 0 Å². The van der Waals surface area contributed by atoms with Crippen molar-refractivity contribution < 1.29 is 24.3 Å². The maximum atomic E-state index is 12.4. The van der Waals surface area contributed by atoms with Gasteiger partial charge in [-0.1, -0.05) is 44.2 Å². The van der Waals surface area contributed by atoms with Crippen LogP contribution in [0.5, 0.6) is 0 Å². The van der Waals surface area contributed by atoms with Gasteiger partial charge in [0.2, 0.25) is 11.7 Å². The molecule has 0 saturated heterocycles. The first kappa shape index (κ1) is 20.1. The molecular formula is C17H23N3O5. The largest absolute Gasteiger partial charge is 0.465 e. The van der Waals surface area contributed by atoms with Crippen LogP contribution in [0.15, 0.2) is 30.3 Å². The van der Waals surface area contributed by atoms with E-state index >= 15 is 0 Å². The Bertz CT molecular complexity index is 630. The molecule has 2 atom stereocenters. The summed E-state index contributed by atoms with van der Waals surface area (Å²) in [5, 5.41) is 13.4. The van der Waals surface area contributed by atoms with E-state index in [0.29, 0.717) is 0 Å². The van der Waals surface area contributed by atoms with Gasteiger partial charge in [0.25, 0.3) is 5.91 Å². The van der Waals surface area contributed by atoms with Gasteiger partial charge in [0, 0.05) is 6.42 Å². The van der Waals surface area contributed by atoms with Crippen molar-refractivity contribution >= 4 is 23.7 Å². The van der Waals surface area contributed by atoms with Crippen LogP contribution in [0.4, 0.5) is 4.79 Å². The number of Topliss-reactive ketones (excluding diaryl/α,β-unsaturated/α-hetero) is 1. The fourth-order valence-corrected chi connectivity index (χ4v) is 2.36. The normalized spacial score (nSPS) is 12.9. The summed E-state index contributed by atoms with van der Waals surface area (Å²) in [6.45, 7) is 3.67. The molecule has 1 unspecified atom stereocenters. The first-order valence-electron chi connectivity index (χ1n) is 7.88. The van der Waals surface area contributed by atoms with Crippen LogP contribution in [0.2, 0.25) is 0 Å². The second kappa shape index (κ2) is 9.41. The molecular weight excluding hydrogens is 326 g/mol. The van der Waals surface area contributed by atoms with Crippen LogP contribution in [-0.2, 0) is 20.8 Å². The van der Waals surface area contributed by atoms with E-state index in [4.69, 9.17) is 10.8 Å². The topological polar surface area (TPSA) is 139 Å². The zero-order valence-corrected chi connectivity index (χ0v) is 14.2. The third-order valence-electron chi connectivity index (χ3n) is 3.48. The lowest BCUT2D eigenvalue weighted by Crippen LogP contribution is -2.54. The van der Waals surface area contributed by atoms with E-state index in [1.807, 2.05) is 13.8 Å². The molecule has 0 aliphatic rings. The van der Waals surface area contributed by atoms with Crippen molar-refractivity contribution in [2.75, 3.05) is 0 Å². The second-order valence-electron chi connectivity index (χ2n) is 6.11. The highest BCUT2D eigenvalue weighted by atomic mass is 16.4. The van der Waals surface area contributed by atoms with Crippen LogP contribution in [0, 0.1) is 5.92 Å². The van der Waals surface area contributed by atoms with E-state index in [2.05, 4.69) is 10.6 Å². The number of hydrogen-bond acceptors (Lipinski definition) is 4. The molecule has 8 heteroatoms. The zero-order valence-electron chi connectivity index (χ0n) is 14.2. The van der Waals surface area contributed by atoms with Gasteiger partial charge in [-0.15, -0.1) is 0 Å². The van der Waals surface area contributed by atoms with Gasteiger partial charge in [0.1, 0.15) is 12.1 Å². The summed E-state index contributed by atoms with van der Waals surface area (Å²) in [4.78, 5) is 46.6. The Morgan fingerprint density at radius 2 is 1.64 bits per heavy atom. The Kier molecular flexibility index (Phi) is 7.58. The van der Waals surface area contributed by atoms with E-state index in [9.17, 15) is 19.2 Å². The number of carboxylic acid groups (broad SMARTS) is 1. The Morgan fingerprint density at radius 1 is 1.04 bits per heavy atom. The van der Waals surface area contributed by atoms with Gasteiger partial charge in [-0.25, -0.2) is 4.79 Å². The first-order valence-corrected chi connectivity index (χ1v) is 7.88. The van der Waals surface area contributed by atoms with Gasteiger partial charge in [-0.3, -0.25) is 14.4 Å². The van der Waals surface area contributed by atoms with Crippen molar-refractivity contribution in [1.29, 1.82) is 0 Å². The first-order chi connectivity index (χ1) is 11.7.